The summed E-state index contributed by atoms with van der Waals surface area (Å²) < 4.78 is 5.68. The topological polar surface area (TPSA) is 350 Å². The van der Waals surface area contributed by atoms with E-state index in [1.165, 1.54) is 19.0 Å². The summed E-state index contributed by atoms with van der Waals surface area (Å²) >= 11 is 0. The van der Waals surface area contributed by atoms with Crippen LogP contribution in [-0.4, -0.2) is 100 Å². The lowest BCUT2D eigenvalue weighted by atomic mass is 10.1. The number of ketones is 1. The summed E-state index contributed by atoms with van der Waals surface area (Å²) in [5, 5.41) is 8.32. The molecule has 9 aromatic heterocycles. The average molecular weight is 1210 g/mol. The molecule has 454 valence electrons. The highest BCUT2D eigenvalue weighted by atomic mass is 16.2. The highest BCUT2D eigenvalue weighted by molar-refractivity contribution is 6.06. The van der Waals surface area contributed by atoms with Gasteiger partial charge in [-0.3, -0.25) is 37.4 Å². The first-order chi connectivity index (χ1) is 44.5. The molecule has 2 aliphatic rings. The summed E-state index contributed by atoms with van der Waals surface area (Å²) in [6.07, 6.45) is 22.8. The molecule has 0 atom stereocenters. The van der Waals surface area contributed by atoms with Crippen LogP contribution in [-0.2, 0) is 0 Å². The Morgan fingerprint density at radius 1 is 0.473 bits per heavy atom. The van der Waals surface area contributed by atoms with E-state index >= 15 is 0 Å². The second-order valence-corrected chi connectivity index (χ2v) is 21.4. The number of rotatable bonds is 15. The first-order valence-electron chi connectivity index (χ1n) is 29.6. The maximum Gasteiger partial charge on any atom is 0.256 e. The first kappa shape index (κ1) is 59.4. The number of imidazole rings is 3. The van der Waals surface area contributed by atoms with Crippen LogP contribution < -0.4 is 38.9 Å². The fourth-order valence-electron chi connectivity index (χ4n) is 11.0. The number of aromatic nitrogens is 12. The minimum absolute atomic E-state index is 0.122. The van der Waals surface area contributed by atoms with Gasteiger partial charge in [-0.15, -0.1) is 0 Å². The molecule has 12 aromatic rings. The molecule has 14 rings (SSSR count). The van der Waals surface area contributed by atoms with Crippen molar-refractivity contribution in [3.05, 3.63) is 217 Å². The first-order valence-corrected chi connectivity index (χ1v) is 29.6. The number of anilines is 6. The number of benzene rings is 3. The molecular weight excluding hydrogens is 1150 g/mol. The molecule has 3 amide bonds. The Labute approximate surface area is 521 Å². The van der Waals surface area contributed by atoms with Gasteiger partial charge in [0, 0.05) is 108 Å². The fraction of sp³-hybridized carbons (Fsp3) is 0.164. The third kappa shape index (κ3) is 13.1. The van der Waals surface area contributed by atoms with Crippen LogP contribution in [0.5, 0.6) is 0 Å². The van der Waals surface area contributed by atoms with Gasteiger partial charge < -0.3 is 38.9 Å². The number of hydrogen-bond acceptors (Lipinski definition) is 18. The maximum atomic E-state index is 12.6. The SMILES string of the molecule is NCCCC(=O)c1nc(-c2ccc(C(=O)Nc3ccccn3)cc2)c2c(N)nccn12.Nc1nccn2c(C3=NCCC3)nc(-c3ccc(C(=O)Nc4ccccn4)cc3)c12.Nc1nccn2c(C3CCCC3)nc(-c3ccc(C(=O)Nc4ccccn4)cc3)c12. The highest BCUT2D eigenvalue weighted by Crippen LogP contribution is 2.38. The standard InChI is InChI=1S/C23H22N6O.C22H21N7O2.C22H19N7O/c24-21-20-19(28-22(16-5-1-2-6-16)29(20)14-13-26-21)15-8-10-17(11-9-15)23(30)27-18-7-3-4-12-25-18;23-10-3-4-16(30)21-28-18(19-20(24)26-12-13-29(19)21)14-6-8-15(9-7-14)22(31)27-17-5-1-2-11-25-17;23-20-19-18(28-21(16-4-3-11-24-16)29(19)13-12-26-20)14-6-8-15(9-7-14)22(30)27-17-5-1-2-10-25-17/h3-4,7-14,16H,1-2,5-6H2,(H2,24,26)(H,25,27,30);1-2,5-9,11-13H,3-4,10,23H2,(H2,24,26)(H,25,27,31);1-2,5-10,12-13H,3-4,11H2,(H2,23,26)(H,25,27,30). The molecule has 24 nitrogen and oxygen atoms in total. The zero-order chi connectivity index (χ0) is 62.8. The van der Waals surface area contributed by atoms with Gasteiger partial charge in [0.25, 0.3) is 17.7 Å². The smallest absolute Gasteiger partial charge is 0.256 e. The number of amides is 3. The van der Waals surface area contributed by atoms with Crippen LogP contribution in [0.3, 0.4) is 0 Å². The number of hydrogen-bond donors (Lipinski definition) is 7. The monoisotopic (exact) mass is 1210 g/mol. The van der Waals surface area contributed by atoms with Crippen LogP contribution >= 0.6 is 0 Å². The minimum Gasteiger partial charge on any atom is -0.382 e. The van der Waals surface area contributed by atoms with Crippen molar-refractivity contribution in [2.45, 2.75) is 57.3 Å². The molecule has 0 saturated heterocycles. The molecule has 1 aliphatic carbocycles. The molecule has 1 aliphatic heterocycles. The van der Waals surface area contributed by atoms with Crippen LogP contribution in [0.2, 0.25) is 0 Å². The third-order valence-corrected chi connectivity index (χ3v) is 15.5. The summed E-state index contributed by atoms with van der Waals surface area (Å²) in [6, 6.07) is 37.6. The second-order valence-electron chi connectivity index (χ2n) is 21.4. The number of fused-ring (bicyclic) bond motifs is 3. The molecular formula is C67H62N20O4. The maximum absolute atomic E-state index is 12.6. The average Bonchev–Trinajstić information content (AvgIpc) is 1.66. The van der Waals surface area contributed by atoms with Crippen molar-refractivity contribution < 1.29 is 19.2 Å². The van der Waals surface area contributed by atoms with Crippen LogP contribution in [0.1, 0.15) is 111 Å². The van der Waals surface area contributed by atoms with Crippen LogP contribution in [0, 0.1) is 0 Å². The minimum atomic E-state index is -0.279. The Kier molecular flexibility index (Phi) is 17.6. The Morgan fingerprint density at radius 2 is 0.901 bits per heavy atom. The Balaban J connectivity index is 0.000000132. The molecule has 0 spiro atoms. The van der Waals surface area contributed by atoms with Gasteiger partial charge in [-0.25, -0.2) is 44.9 Å². The van der Waals surface area contributed by atoms with Crippen molar-refractivity contribution in [3.8, 4) is 33.8 Å². The lowest BCUT2D eigenvalue weighted by Crippen LogP contribution is -2.12. The summed E-state index contributed by atoms with van der Waals surface area (Å²) in [5.41, 5.74) is 33.2. The molecule has 91 heavy (non-hydrogen) atoms. The van der Waals surface area contributed by atoms with Crippen LogP contribution in [0.25, 0.3) is 50.3 Å². The van der Waals surface area contributed by atoms with Gasteiger partial charge in [0.05, 0.1) is 5.71 Å². The summed E-state index contributed by atoms with van der Waals surface area (Å²) in [6.45, 7) is 1.24. The molecule has 3 aromatic carbocycles. The van der Waals surface area contributed by atoms with Crippen molar-refractivity contribution in [2.24, 2.45) is 10.7 Å². The van der Waals surface area contributed by atoms with E-state index in [9.17, 15) is 19.2 Å². The number of aliphatic imine (C=N–C) groups is 1. The number of nitrogens with zero attached hydrogens (tertiary/aromatic N) is 13. The third-order valence-electron chi connectivity index (χ3n) is 15.5. The van der Waals surface area contributed by atoms with Crippen LogP contribution in [0.4, 0.5) is 34.9 Å². The van der Waals surface area contributed by atoms with Crippen molar-refractivity contribution in [2.75, 3.05) is 46.2 Å². The lowest BCUT2D eigenvalue weighted by Gasteiger charge is -2.07. The number of nitrogens with one attached hydrogen (secondary N) is 3. The normalized spacial score (nSPS) is 12.8. The molecule has 1 fully saturated rings. The van der Waals surface area contributed by atoms with Crippen molar-refractivity contribution >= 4 is 80.7 Å². The van der Waals surface area contributed by atoms with E-state index in [0.29, 0.717) is 87.9 Å². The van der Waals surface area contributed by atoms with Gasteiger partial charge in [0.1, 0.15) is 74.4 Å². The van der Waals surface area contributed by atoms with E-state index in [1.54, 1.807) is 133 Å². The van der Waals surface area contributed by atoms with Gasteiger partial charge in [0.15, 0.2) is 17.4 Å². The predicted octanol–water partition coefficient (Wildman–Crippen LogP) is 10.0. The zero-order valence-electron chi connectivity index (χ0n) is 49.2. The quantitative estimate of drug-likeness (QED) is 0.0469. The summed E-state index contributed by atoms with van der Waals surface area (Å²) in [7, 11) is 0. The zero-order valence-corrected chi connectivity index (χ0v) is 49.2. The van der Waals surface area contributed by atoms with E-state index in [-0.39, 0.29) is 35.1 Å². The van der Waals surface area contributed by atoms with Gasteiger partial charge in [0.2, 0.25) is 0 Å². The number of carbonyl (C=O) groups is 4. The number of nitrogen functional groups attached to an aromatic ring is 3. The molecule has 0 unspecified atom stereocenters. The Hall–Kier alpha value is -11.9. The molecule has 0 radical (unpaired) electrons. The predicted molar refractivity (Wildman–Crippen MR) is 350 cm³/mol. The van der Waals surface area contributed by atoms with E-state index in [1.807, 2.05) is 53.2 Å². The largest absolute Gasteiger partial charge is 0.382 e. The van der Waals surface area contributed by atoms with Crippen molar-refractivity contribution in [1.29, 1.82) is 0 Å². The number of nitrogens with two attached hydrogens (primary N) is 4. The molecule has 24 heteroatoms. The lowest BCUT2D eigenvalue weighted by molar-refractivity contribution is 0.0967. The van der Waals surface area contributed by atoms with Gasteiger partial charge >= 0.3 is 0 Å². The molecule has 11 N–H and O–H groups in total. The van der Waals surface area contributed by atoms with Crippen LogP contribution in [0.15, 0.2) is 188 Å². The fourth-order valence-corrected chi connectivity index (χ4v) is 11.0. The molecule has 10 heterocycles. The Bertz CT molecular complexity index is 4630. The van der Waals surface area contributed by atoms with Crippen molar-refractivity contribution in [3.63, 3.8) is 0 Å². The number of Topliss-reactive ketones (excluding diaryl/α,β-unsaturated/α-hetero) is 1. The van der Waals surface area contributed by atoms with E-state index in [4.69, 9.17) is 32.9 Å². The number of pyridine rings is 3. The van der Waals surface area contributed by atoms with E-state index in [2.05, 4.69) is 60.2 Å². The van der Waals surface area contributed by atoms with Gasteiger partial charge in [-0.05, 0) is 111 Å². The second kappa shape index (κ2) is 27.0. The van der Waals surface area contributed by atoms with E-state index in [0.717, 1.165) is 83.1 Å². The molecule has 1 saturated carbocycles. The Morgan fingerprint density at radius 3 is 1.34 bits per heavy atom. The van der Waals surface area contributed by atoms with Gasteiger partial charge in [-0.2, -0.15) is 0 Å². The highest BCUT2D eigenvalue weighted by Gasteiger charge is 2.27. The van der Waals surface area contributed by atoms with E-state index < -0.39 is 0 Å². The van der Waals surface area contributed by atoms with Crippen molar-refractivity contribution in [1.82, 2.24) is 58.1 Å². The number of carbonyl (C=O) groups excluding carboxylic acids is 4. The summed E-state index contributed by atoms with van der Waals surface area (Å²) in [4.78, 5) is 94.0. The summed E-state index contributed by atoms with van der Waals surface area (Å²) in [5.74, 6) is 4.36. The van der Waals surface area contributed by atoms with Gasteiger partial charge in [-0.1, -0.05) is 67.4 Å². The molecule has 0 bridgehead atoms.